The van der Waals surface area contributed by atoms with Crippen molar-refractivity contribution in [3.05, 3.63) is 54.1 Å². The number of hydrogen-bond acceptors (Lipinski definition) is 5. The summed E-state index contributed by atoms with van der Waals surface area (Å²) < 4.78 is 42.2. The van der Waals surface area contributed by atoms with E-state index in [1.807, 2.05) is 6.92 Å². The molecule has 8 heteroatoms. The minimum absolute atomic E-state index is 0.0632. The number of ether oxygens (including phenoxy) is 3. The minimum Gasteiger partial charge on any atom is -0.494 e. The standard InChI is InChI=1S/C20H21F2NO5/c1-3-26-15-5-7-16(8-6-15)27-11-10-19(24)28-13(2)20(25)23-18-9-4-14(21)12-17(18)22/h4-9,12-13H,3,10-11H2,1-2H3,(H,23,25). The van der Waals surface area contributed by atoms with Gasteiger partial charge in [-0.15, -0.1) is 0 Å². The molecular weight excluding hydrogens is 372 g/mol. The van der Waals surface area contributed by atoms with E-state index in [1.165, 1.54) is 6.92 Å². The minimum atomic E-state index is -1.15. The van der Waals surface area contributed by atoms with Gasteiger partial charge in [0.15, 0.2) is 6.10 Å². The molecule has 1 atom stereocenters. The van der Waals surface area contributed by atoms with Crippen LogP contribution in [0.25, 0.3) is 0 Å². The predicted octanol–water partition coefficient (Wildman–Crippen LogP) is 3.70. The van der Waals surface area contributed by atoms with Gasteiger partial charge in [0.25, 0.3) is 5.91 Å². The number of esters is 1. The molecule has 2 rings (SSSR count). The first-order valence-electron chi connectivity index (χ1n) is 8.70. The number of halogens is 2. The number of benzene rings is 2. The molecule has 1 unspecified atom stereocenters. The Balaban J connectivity index is 1.74. The quantitative estimate of drug-likeness (QED) is 0.658. The van der Waals surface area contributed by atoms with E-state index in [9.17, 15) is 18.4 Å². The topological polar surface area (TPSA) is 73.9 Å². The van der Waals surface area contributed by atoms with Crippen LogP contribution < -0.4 is 14.8 Å². The van der Waals surface area contributed by atoms with E-state index in [4.69, 9.17) is 14.2 Å². The molecule has 0 fully saturated rings. The van der Waals surface area contributed by atoms with Crippen LogP contribution in [0.1, 0.15) is 20.3 Å². The van der Waals surface area contributed by atoms with Gasteiger partial charge in [-0.3, -0.25) is 9.59 Å². The van der Waals surface area contributed by atoms with Crippen molar-refractivity contribution in [1.29, 1.82) is 0 Å². The van der Waals surface area contributed by atoms with Crippen molar-refractivity contribution in [2.24, 2.45) is 0 Å². The molecule has 0 aliphatic rings. The molecule has 2 aromatic rings. The number of nitrogens with one attached hydrogen (secondary N) is 1. The molecule has 28 heavy (non-hydrogen) atoms. The van der Waals surface area contributed by atoms with Crippen LogP contribution in [0, 0.1) is 11.6 Å². The van der Waals surface area contributed by atoms with E-state index in [-0.39, 0.29) is 18.7 Å². The van der Waals surface area contributed by atoms with Crippen molar-refractivity contribution >= 4 is 17.6 Å². The van der Waals surface area contributed by atoms with Crippen LogP contribution in [0.4, 0.5) is 14.5 Å². The fraction of sp³-hybridized carbons (Fsp3) is 0.300. The SMILES string of the molecule is CCOc1ccc(OCCC(=O)OC(C)C(=O)Nc2ccc(F)cc2F)cc1. The highest BCUT2D eigenvalue weighted by molar-refractivity contribution is 5.95. The number of carbonyl (C=O) groups is 2. The maximum atomic E-state index is 13.5. The molecule has 6 nitrogen and oxygen atoms in total. The van der Waals surface area contributed by atoms with Crippen LogP contribution in [-0.4, -0.2) is 31.2 Å². The second-order valence-electron chi connectivity index (χ2n) is 5.75. The predicted molar refractivity (Wildman–Crippen MR) is 98.3 cm³/mol. The third-order valence-electron chi connectivity index (χ3n) is 3.58. The van der Waals surface area contributed by atoms with E-state index in [1.54, 1.807) is 24.3 Å². The molecule has 1 amide bonds. The first kappa shape index (κ1) is 21.1. The molecule has 0 heterocycles. The van der Waals surface area contributed by atoms with Gasteiger partial charge >= 0.3 is 5.97 Å². The molecule has 0 aromatic heterocycles. The molecule has 2 aromatic carbocycles. The number of carbonyl (C=O) groups excluding carboxylic acids is 2. The zero-order valence-corrected chi connectivity index (χ0v) is 15.5. The first-order valence-corrected chi connectivity index (χ1v) is 8.70. The molecule has 0 aliphatic carbocycles. The zero-order chi connectivity index (χ0) is 20.5. The maximum absolute atomic E-state index is 13.5. The Morgan fingerprint density at radius 3 is 2.29 bits per heavy atom. The van der Waals surface area contributed by atoms with Crippen LogP contribution >= 0.6 is 0 Å². The summed E-state index contributed by atoms with van der Waals surface area (Å²) in [5, 5.41) is 2.24. The van der Waals surface area contributed by atoms with Gasteiger partial charge in [0.2, 0.25) is 0 Å². The molecule has 0 radical (unpaired) electrons. The van der Waals surface area contributed by atoms with E-state index in [0.717, 1.165) is 12.1 Å². The Bertz CT molecular complexity index is 811. The summed E-state index contributed by atoms with van der Waals surface area (Å²) in [6, 6.07) is 9.66. The van der Waals surface area contributed by atoms with Crippen molar-refractivity contribution in [2.75, 3.05) is 18.5 Å². The average Bonchev–Trinajstić information content (AvgIpc) is 2.65. The Labute approximate surface area is 161 Å². The van der Waals surface area contributed by atoms with E-state index in [0.29, 0.717) is 24.2 Å². The third-order valence-corrected chi connectivity index (χ3v) is 3.58. The van der Waals surface area contributed by atoms with Crippen LogP contribution in [0.2, 0.25) is 0 Å². The summed E-state index contributed by atoms with van der Waals surface area (Å²) >= 11 is 0. The summed E-state index contributed by atoms with van der Waals surface area (Å²) in [6.07, 6.45) is -1.22. The number of anilines is 1. The highest BCUT2D eigenvalue weighted by atomic mass is 19.1. The monoisotopic (exact) mass is 393 g/mol. The van der Waals surface area contributed by atoms with Crippen LogP contribution in [0.5, 0.6) is 11.5 Å². The van der Waals surface area contributed by atoms with E-state index < -0.39 is 29.6 Å². The first-order chi connectivity index (χ1) is 13.4. The lowest BCUT2D eigenvalue weighted by molar-refractivity contribution is -0.153. The van der Waals surface area contributed by atoms with Crippen molar-refractivity contribution in [3.8, 4) is 11.5 Å². The van der Waals surface area contributed by atoms with Gasteiger partial charge in [-0.1, -0.05) is 0 Å². The molecule has 0 aliphatic heterocycles. The molecule has 0 spiro atoms. The number of amides is 1. The van der Waals surface area contributed by atoms with Crippen LogP contribution in [0.3, 0.4) is 0 Å². The average molecular weight is 393 g/mol. The number of rotatable bonds is 9. The Morgan fingerprint density at radius 1 is 1.04 bits per heavy atom. The molecule has 150 valence electrons. The van der Waals surface area contributed by atoms with Crippen molar-refractivity contribution in [1.82, 2.24) is 0 Å². The number of hydrogen-bond donors (Lipinski definition) is 1. The van der Waals surface area contributed by atoms with Gasteiger partial charge in [0.1, 0.15) is 23.1 Å². The molecule has 0 saturated heterocycles. The van der Waals surface area contributed by atoms with E-state index in [2.05, 4.69) is 5.32 Å². The van der Waals surface area contributed by atoms with Gasteiger partial charge in [-0.2, -0.15) is 0 Å². The van der Waals surface area contributed by atoms with Gasteiger partial charge in [0, 0.05) is 6.07 Å². The normalized spacial score (nSPS) is 11.4. The highest BCUT2D eigenvalue weighted by Gasteiger charge is 2.19. The zero-order valence-electron chi connectivity index (χ0n) is 15.5. The summed E-state index contributed by atoms with van der Waals surface area (Å²) in [6.45, 7) is 3.86. The lowest BCUT2D eigenvalue weighted by atomic mass is 10.2. The van der Waals surface area contributed by atoms with Crippen molar-refractivity contribution < 1.29 is 32.6 Å². The van der Waals surface area contributed by atoms with Gasteiger partial charge < -0.3 is 19.5 Å². The highest BCUT2D eigenvalue weighted by Crippen LogP contribution is 2.18. The van der Waals surface area contributed by atoms with Gasteiger partial charge in [-0.05, 0) is 50.2 Å². The Kier molecular flexibility index (Phi) is 7.74. The lowest BCUT2D eigenvalue weighted by Crippen LogP contribution is -2.30. The Hall–Kier alpha value is -3.16. The molecular formula is C20H21F2NO5. The smallest absolute Gasteiger partial charge is 0.310 e. The van der Waals surface area contributed by atoms with Gasteiger partial charge in [-0.25, -0.2) is 8.78 Å². The third kappa shape index (κ3) is 6.53. The van der Waals surface area contributed by atoms with E-state index >= 15 is 0 Å². The summed E-state index contributed by atoms with van der Waals surface area (Å²) in [5.41, 5.74) is -0.201. The van der Waals surface area contributed by atoms with Gasteiger partial charge in [0.05, 0.1) is 25.3 Å². The summed E-state index contributed by atoms with van der Waals surface area (Å²) in [4.78, 5) is 23.8. The fourth-order valence-electron chi connectivity index (χ4n) is 2.19. The Morgan fingerprint density at radius 2 is 1.68 bits per heavy atom. The van der Waals surface area contributed by atoms with Crippen molar-refractivity contribution in [3.63, 3.8) is 0 Å². The second kappa shape index (κ2) is 10.2. The van der Waals surface area contributed by atoms with Crippen LogP contribution in [-0.2, 0) is 14.3 Å². The lowest BCUT2D eigenvalue weighted by Gasteiger charge is -2.14. The molecule has 1 N–H and O–H groups in total. The summed E-state index contributed by atoms with van der Waals surface area (Å²) in [7, 11) is 0. The molecule has 0 bridgehead atoms. The fourth-order valence-corrected chi connectivity index (χ4v) is 2.19. The van der Waals surface area contributed by atoms with Crippen LogP contribution in [0.15, 0.2) is 42.5 Å². The summed E-state index contributed by atoms with van der Waals surface area (Å²) in [5.74, 6) is -1.78. The largest absolute Gasteiger partial charge is 0.494 e. The van der Waals surface area contributed by atoms with Crippen molar-refractivity contribution in [2.45, 2.75) is 26.4 Å². The molecule has 0 saturated carbocycles. The second-order valence-corrected chi connectivity index (χ2v) is 5.75. The maximum Gasteiger partial charge on any atom is 0.310 e.